The van der Waals surface area contributed by atoms with E-state index in [9.17, 15) is 30.8 Å². The van der Waals surface area contributed by atoms with Crippen LogP contribution in [0.25, 0.3) is 0 Å². The van der Waals surface area contributed by atoms with E-state index in [1.165, 1.54) is 29.2 Å². The third-order valence-electron chi connectivity index (χ3n) is 5.87. The van der Waals surface area contributed by atoms with Gasteiger partial charge in [-0.05, 0) is 35.7 Å². The van der Waals surface area contributed by atoms with E-state index in [2.05, 4.69) is 14.7 Å². The molecule has 1 amide bonds. The molecule has 1 aromatic heterocycles. The molecule has 0 saturated carbocycles. The molecule has 1 N–H and O–H groups in total. The summed E-state index contributed by atoms with van der Waals surface area (Å²) in [6.45, 7) is 5.32. The van der Waals surface area contributed by atoms with Crippen LogP contribution in [0.5, 0.6) is 0 Å². The number of carbonyl (C=O) groups excluding carboxylic acids is 2. The van der Waals surface area contributed by atoms with Gasteiger partial charge in [0.05, 0.1) is 52.8 Å². The predicted octanol–water partition coefficient (Wildman–Crippen LogP) is 2.09. The molecule has 2 atom stereocenters. The molecule has 13 heteroatoms. The second kappa shape index (κ2) is 8.73. The van der Waals surface area contributed by atoms with E-state index in [1.807, 2.05) is 0 Å². The van der Waals surface area contributed by atoms with Crippen molar-refractivity contribution in [2.75, 3.05) is 16.7 Å². The van der Waals surface area contributed by atoms with Gasteiger partial charge in [-0.25, -0.2) is 21.2 Å². The van der Waals surface area contributed by atoms with Crippen LogP contribution < -0.4 is 4.72 Å². The Balaban J connectivity index is 1.74. The molecule has 0 aliphatic carbocycles. The quantitative estimate of drug-likeness (QED) is 0.577. The predicted molar refractivity (Wildman–Crippen MR) is 131 cm³/mol. The third-order valence-corrected chi connectivity index (χ3v) is 8.15. The van der Waals surface area contributed by atoms with E-state index in [1.54, 1.807) is 20.8 Å². The second-order valence-electron chi connectivity index (χ2n) is 9.96. The van der Waals surface area contributed by atoms with E-state index >= 15 is 0 Å². The summed E-state index contributed by atoms with van der Waals surface area (Å²) < 4.78 is 64.8. The molecule has 192 valence electrons. The molecule has 3 heterocycles. The van der Waals surface area contributed by atoms with Crippen molar-refractivity contribution in [1.82, 2.24) is 9.88 Å². The zero-order valence-electron chi connectivity index (χ0n) is 20.0. The van der Waals surface area contributed by atoms with E-state index in [0.29, 0.717) is 5.69 Å². The first-order chi connectivity index (χ1) is 16.6. The maximum atomic E-state index is 13.6. The molecule has 1 fully saturated rings. The number of rotatable bonds is 5. The van der Waals surface area contributed by atoms with Gasteiger partial charge in [0.2, 0.25) is 15.9 Å². The smallest absolute Gasteiger partial charge is 0.240 e. The summed E-state index contributed by atoms with van der Waals surface area (Å²) in [5, 5.41) is 0. The van der Waals surface area contributed by atoms with Crippen LogP contribution in [0.2, 0.25) is 0 Å². The topological polar surface area (TPSA) is 143 Å². The van der Waals surface area contributed by atoms with Crippen molar-refractivity contribution >= 4 is 48.6 Å². The van der Waals surface area contributed by atoms with Crippen LogP contribution >= 0.6 is 0 Å². The molecule has 2 aliphatic heterocycles. The number of aliphatic imine (C=N–C) groups is 1. The van der Waals surface area contributed by atoms with Crippen molar-refractivity contribution in [1.29, 1.82) is 0 Å². The van der Waals surface area contributed by atoms with Crippen molar-refractivity contribution in [2.45, 2.75) is 38.3 Å². The minimum Gasteiger partial charge on any atom is -0.325 e. The Morgan fingerprint density at radius 3 is 2.44 bits per heavy atom. The van der Waals surface area contributed by atoms with Crippen LogP contribution in [0.3, 0.4) is 0 Å². The normalized spacial score (nSPS) is 21.8. The first-order valence-corrected chi connectivity index (χ1v) is 14.5. The number of hydrogen-bond donors (Lipinski definition) is 1. The lowest BCUT2D eigenvalue weighted by Crippen LogP contribution is -2.44. The van der Waals surface area contributed by atoms with Gasteiger partial charge >= 0.3 is 0 Å². The molecular formula is C23H25FN4O6S2. The summed E-state index contributed by atoms with van der Waals surface area (Å²) in [4.78, 5) is 36.6. The molecule has 1 saturated heterocycles. The number of sulfonamides is 1. The van der Waals surface area contributed by atoms with Crippen molar-refractivity contribution in [3.05, 3.63) is 48.0 Å². The summed E-state index contributed by atoms with van der Waals surface area (Å²) in [5.74, 6) is -3.67. The van der Waals surface area contributed by atoms with E-state index < -0.39 is 60.5 Å². The maximum absolute atomic E-state index is 13.6. The highest BCUT2D eigenvalue weighted by Gasteiger charge is 2.54. The largest absolute Gasteiger partial charge is 0.325 e. The number of nitrogens with one attached hydrogen (secondary N) is 1. The average molecular weight is 537 g/mol. The Kier molecular flexibility index (Phi) is 6.28. The highest BCUT2D eigenvalue weighted by Crippen LogP contribution is 2.39. The SMILES string of the molecule is CC(C)(C)[C@H]1C(=O)C(C2=Nc3ccc(NS(C)(=O)=O)cc3S(=O)(=O)C2)C(=O)N1Cc1ccc(F)cn1. The van der Waals surface area contributed by atoms with Gasteiger partial charge in [-0.15, -0.1) is 0 Å². The molecule has 1 unspecified atom stereocenters. The van der Waals surface area contributed by atoms with Crippen LogP contribution in [0, 0.1) is 17.2 Å². The number of amides is 1. The first-order valence-electron chi connectivity index (χ1n) is 10.9. The van der Waals surface area contributed by atoms with E-state index in [-0.39, 0.29) is 28.5 Å². The molecule has 36 heavy (non-hydrogen) atoms. The van der Waals surface area contributed by atoms with Gasteiger partial charge in [-0.2, -0.15) is 0 Å². The zero-order valence-corrected chi connectivity index (χ0v) is 21.7. The molecule has 0 spiro atoms. The first kappa shape index (κ1) is 25.9. The Bertz CT molecular complexity index is 1500. The van der Waals surface area contributed by atoms with E-state index in [0.717, 1.165) is 18.5 Å². The van der Waals surface area contributed by atoms with Crippen molar-refractivity contribution < 1.29 is 30.8 Å². The number of likely N-dealkylation sites (tertiary alicyclic amines) is 1. The number of pyridine rings is 1. The summed E-state index contributed by atoms with van der Waals surface area (Å²) in [6.07, 6.45) is 1.95. The molecule has 0 bridgehead atoms. The van der Waals surface area contributed by atoms with Crippen LogP contribution in [-0.4, -0.2) is 62.2 Å². The van der Waals surface area contributed by atoms with Gasteiger partial charge in [-0.1, -0.05) is 20.8 Å². The summed E-state index contributed by atoms with van der Waals surface area (Å²) >= 11 is 0. The van der Waals surface area contributed by atoms with Crippen molar-refractivity contribution in [3.63, 3.8) is 0 Å². The molecule has 0 radical (unpaired) electrons. The summed E-state index contributed by atoms with van der Waals surface area (Å²) in [7, 11) is -7.67. The number of halogens is 1. The Hall–Kier alpha value is -3.19. The van der Waals surface area contributed by atoms with Crippen LogP contribution in [0.4, 0.5) is 15.8 Å². The second-order valence-corrected chi connectivity index (χ2v) is 13.7. The lowest BCUT2D eigenvalue weighted by molar-refractivity contribution is -0.132. The monoisotopic (exact) mass is 536 g/mol. The fourth-order valence-corrected chi connectivity index (χ4v) is 6.58. The van der Waals surface area contributed by atoms with Crippen LogP contribution in [0.1, 0.15) is 26.5 Å². The molecular weight excluding hydrogens is 511 g/mol. The van der Waals surface area contributed by atoms with Gasteiger partial charge in [0.15, 0.2) is 15.6 Å². The summed E-state index contributed by atoms with van der Waals surface area (Å²) in [6, 6.07) is 5.58. The maximum Gasteiger partial charge on any atom is 0.240 e. The number of Topliss-reactive ketones (excluding diaryl/α,β-unsaturated/α-hetero) is 1. The molecule has 4 rings (SSSR count). The number of carbonyl (C=O) groups is 2. The summed E-state index contributed by atoms with van der Waals surface area (Å²) in [5.41, 5.74) is -0.328. The van der Waals surface area contributed by atoms with Crippen molar-refractivity contribution in [3.8, 4) is 0 Å². The average Bonchev–Trinajstić information content (AvgIpc) is 2.98. The third kappa shape index (κ3) is 5.03. The Labute approximate surface area is 208 Å². The fraction of sp³-hybridized carbons (Fsp3) is 0.391. The molecule has 2 aliphatic rings. The van der Waals surface area contributed by atoms with Crippen LogP contribution in [-0.2, 0) is 36.0 Å². The fourth-order valence-electron chi connectivity index (χ4n) is 4.51. The van der Waals surface area contributed by atoms with Gasteiger partial charge < -0.3 is 4.90 Å². The standard InChI is InChI=1S/C23H25FN4O6S2/c1-23(2,3)21-20(29)19(22(30)28(21)11-15-6-5-13(24)10-25-15)17-12-36(33,34)18-9-14(27-35(4,31)32)7-8-16(18)26-17/h5-10,19,21,27H,11-12H2,1-4H3/t19?,21-/m1/s1. The van der Waals surface area contributed by atoms with Gasteiger partial charge in [0.1, 0.15) is 11.7 Å². The molecule has 10 nitrogen and oxygen atoms in total. The highest BCUT2D eigenvalue weighted by molar-refractivity contribution is 7.92. The number of hydrogen-bond acceptors (Lipinski definition) is 8. The van der Waals surface area contributed by atoms with Gasteiger partial charge in [0.25, 0.3) is 0 Å². The van der Waals surface area contributed by atoms with Crippen molar-refractivity contribution in [2.24, 2.45) is 16.3 Å². The highest BCUT2D eigenvalue weighted by atomic mass is 32.2. The lowest BCUT2D eigenvalue weighted by Gasteiger charge is -2.33. The molecule has 2 aromatic rings. The number of fused-ring (bicyclic) bond motifs is 1. The lowest BCUT2D eigenvalue weighted by atomic mass is 9.82. The van der Waals surface area contributed by atoms with E-state index in [4.69, 9.17) is 0 Å². The van der Waals surface area contributed by atoms with Gasteiger partial charge in [-0.3, -0.25) is 24.3 Å². The van der Waals surface area contributed by atoms with Gasteiger partial charge in [0, 0.05) is 5.69 Å². The number of sulfone groups is 1. The van der Waals surface area contributed by atoms with Crippen LogP contribution in [0.15, 0.2) is 46.4 Å². The Morgan fingerprint density at radius 1 is 1.17 bits per heavy atom. The number of nitrogens with zero attached hydrogens (tertiary/aromatic N) is 3. The Morgan fingerprint density at radius 2 is 1.86 bits per heavy atom. The number of benzene rings is 1. The number of ketones is 1. The minimum absolute atomic E-state index is 0.0156. The number of anilines is 1. The zero-order chi connectivity index (χ0) is 26.6. The number of aromatic nitrogens is 1. The minimum atomic E-state index is -4.03. The molecule has 1 aromatic carbocycles.